The van der Waals surface area contributed by atoms with E-state index in [1.807, 2.05) is 0 Å². The fourth-order valence-corrected chi connectivity index (χ4v) is 3.15. The number of benzene rings is 1. The summed E-state index contributed by atoms with van der Waals surface area (Å²) in [5, 5.41) is 13.3. The van der Waals surface area contributed by atoms with Crippen LogP contribution in [0.4, 0.5) is 4.79 Å². The molecular weight excluding hydrogens is 428 g/mol. The summed E-state index contributed by atoms with van der Waals surface area (Å²) in [6, 6.07) is 9.58. The second-order valence-corrected chi connectivity index (χ2v) is 6.88. The number of urea groups is 1. The highest BCUT2D eigenvalue weighted by molar-refractivity contribution is 6.33. The molecule has 4 rings (SSSR count). The van der Waals surface area contributed by atoms with E-state index in [1.165, 1.54) is 36.6 Å². The molecule has 3 aromatic rings. The van der Waals surface area contributed by atoms with Gasteiger partial charge < -0.3 is 18.7 Å². The molecule has 0 unspecified atom stereocenters. The molecule has 0 aliphatic carbocycles. The van der Waals surface area contributed by atoms with Crippen molar-refractivity contribution in [2.45, 2.75) is 6.54 Å². The number of halogens is 1. The molecule has 2 aromatic heterocycles. The molecule has 10 heteroatoms. The Balaban J connectivity index is 1.62. The molecule has 0 bridgehead atoms. The number of imide groups is 2. The van der Waals surface area contributed by atoms with Crippen molar-refractivity contribution < 1.29 is 33.1 Å². The van der Waals surface area contributed by atoms with Crippen LogP contribution >= 0.6 is 11.6 Å². The number of amides is 4. The number of carboxylic acid groups (broad SMARTS) is 1. The largest absolute Gasteiger partial charge is 0.545 e. The van der Waals surface area contributed by atoms with Crippen LogP contribution in [0.25, 0.3) is 17.4 Å². The molecule has 1 fully saturated rings. The normalized spacial score (nSPS) is 15.5. The zero-order chi connectivity index (χ0) is 22.1. The van der Waals surface area contributed by atoms with E-state index in [-0.39, 0.29) is 34.2 Å². The number of nitrogens with zero attached hydrogens (tertiary/aromatic N) is 1. The molecule has 156 valence electrons. The van der Waals surface area contributed by atoms with Gasteiger partial charge in [0.1, 0.15) is 22.9 Å². The third-order valence-electron chi connectivity index (χ3n) is 4.46. The SMILES string of the molecule is O=C1NC(=O)N(Cc2ccco2)C(=O)/C1=C/c1ccc(-c2ccc(Cl)c(C(=O)[O-])c2)o1. The molecule has 0 atom stereocenters. The number of carbonyl (C=O) groups excluding carboxylic acids is 4. The van der Waals surface area contributed by atoms with Crippen molar-refractivity contribution in [1.82, 2.24) is 10.2 Å². The van der Waals surface area contributed by atoms with Crippen LogP contribution < -0.4 is 10.4 Å². The molecule has 1 aliphatic heterocycles. The maximum absolute atomic E-state index is 12.7. The van der Waals surface area contributed by atoms with E-state index in [1.54, 1.807) is 18.2 Å². The first-order valence-electron chi connectivity index (χ1n) is 8.86. The van der Waals surface area contributed by atoms with Crippen molar-refractivity contribution in [2.75, 3.05) is 0 Å². The molecule has 3 heterocycles. The number of carbonyl (C=O) groups is 4. The van der Waals surface area contributed by atoms with Gasteiger partial charge in [0, 0.05) is 16.1 Å². The average Bonchev–Trinajstić information content (AvgIpc) is 3.40. The van der Waals surface area contributed by atoms with Gasteiger partial charge in [-0.3, -0.25) is 19.8 Å². The molecule has 0 radical (unpaired) electrons. The second kappa shape index (κ2) is 7.96. The lowest BCUT2D eigenvalue weighted by atomic mass is 10.1. The van der Waals surface area contributed by atoms with Gasteiger partial charge in [-0.15, -0.1) is 0 Å². The van der Waals surface area contributed by atoms with Crippen molar-refractivity contribution in [1.29, 1.82) is 0 Å². The van der Waals surface area contributed by atoms with Gasteiger partial charge in [-0.05, 0) is 48.5 Å². The highest BCUT2D eigenvalue weighted by Gasteiger charge is 2.36. The van der Waals surface area contributed by atoms with Crippen LogP contribution in [0.1, 0.15) is 21.9 Å². The summed E-state index contributed by atoms with van der Waals surface area (Å²) >= 11 is 5.84. The van der Waals surface area contributed by atoms with Gasteiger partial charge >= 0.3 is 6.03 Å². The van der Waals surface area contributed by atoms with Crippen LogP contribution in [0.2, 0.25) is 5.02 Å². The first kappa shape index (κ1) is 20.2. The van der Waals surface area contributed by atoms with Crippen molar-refractivity contribution in [2.24, 2.45) is 0 Å². The van der Waals surface area contributed by atoms with Crippen LogP contribution in [0.15, 0.2) is 63.1 Å². The molecular formula is C21H12ClN2O7-. The summed E-state index contributed by atoms with van der Waals surface area (Å²) in [5.74, 6) is -2.33. The van der Waals surface area contributed by atoms with Gasteiger partial charge in [0.2, 0.25) is 0 Å². The van der Waals surface area contributed by atoms with Crippen LogP contribution in [-0.2, 0) is 16.1 Å². The van der Waals surface area contributed by atoms with Crippen molar-refractivity contribution >= 4 is 41.5 Å². The van der Waals surface area contributed by atoms with Crippen molar-refractivity contribution in [3.63, 3.8) is 0 Å². The van der Waals surface area contributed by atoms with Crippen molar-refractivity contribution in [3.8, 4) is 11.3 Å². The average molecular weight is 440 g/mol. The molecule has 1 saturated heterocycles. The number of barbiturate groups is 1. The van der Waals surface area contributed by atoms with Crippen LogP contribution in [0.3, 0.4) is 0 Å². The third kappa shape index (κ3) is 3.99. The van der Waals surface area contributed by atoms with Gasteiger partial charge in [-0.1, -0.05) is 11.6 Å². The number of furan rings is 2. The number of rotatable bonds is 5. The highest BCUT2D eigenvalue weighted by atomic mass is 35.5. The van der Waals surface area contributed by atoms with Gasteiger partial charge in [0.15, 0.2) is 0 Å². The smallest absolute Gasteiger partial charge is 0.331 e. The minimum absolute atomic E-state index is 0.0171. The van der Waals surface area contributed by atoms with E-state index in [0.29, 0.717) is 11.3 Å². The maximum atomic E-state index is 12.7. The maximum Gasteiger partial charge on any atom is 0.331 e. The Morgan fingerprint density at radius 2 is 1.97 bits per heavy atom. The standard InChI is InChI=1S/C21H13ClN2O7/c22-16-5-3-11(8-14(16)20(27)28)17-6-4-12(31-17)9-15-18(25)23-21(29)24(19(15)26)10-13-2-1-7-30-13/h1-9H,10H2,(H,27,28)(H,23,25,29)/p-1/b15-9+. The summed E-state index contributed by atoms with van der Waals surface area (Å²) in [6.07, 6.45) is 2.59. The quantitative estimate of drug-likeness (QED) is 0.476. The number of aromatic carboxylic acids is 1. The Morgan fingerprint density at radius 1 is 1.16 bits per heavy atom. The van der Waals surface area contributed by atoms with Gasteiger partial charge in [-0.2, -0.15) is 0 Å². The van der Waals surface area contributed by atoms with Crippen LogP contribution in [0.5, 0.6) is 0 Å². The number of carboxylic acids is 1. The molecule has 9 nitrogen and oxygen atoms in total. The molecule has 31 heavy (non-hydrogen) atoms. The lowest BCUT2D eigenvalue weighted by Gasteiger charge is -2.25. The lowest BCUT2D eigenvalue weighted by molar-refractivity contribution is -0.255. The number of nitrogens with one attached hydrogen (secondary N) is 1. The predicted octanol–water partition coefficient (Wildman–Crippen LogP) is 2.22. The van der Waals surface area contributed by atoms with Crippen molar-refractivity contribution in [3.05, 3.63) is 76.4 Å². The van der Waals surface area contributed by atoms with Crippen LogP contribution in [-0.4, -0.2) is 28.7 Å². The van der Waals surface area contributed by atoms with Gasteiger partial charge in [0.05, 0.1) is 18.8 Å². The lowest BCUT2D eigenvalue weighted by Crippen LogP contribution is -2.53. The summed E-state index contributed by atoms with van der Waals surface area (Å²) in [6.45, 7) is -0.150. The Kier molecular flexibility index (Phi) is 5.18. The summed E-state index contributed by atoms with van der Waals surface area (Å²) in [4.78, 5) is 49.0. The number of hydrogen-bond acceptors (Lipinski definition) is 7. The summed E-state index contributed by atoms with van der Waals surface area (Å²) < 4.78 is 10.8. The Hall–Kier alpha value is -4.11. The zero-order valence-electron chi connectivity index (χ0n) is 15.6. The predicted molar refractivity (Wildman–Crippen MR) is 104 cm³/mol. The molecule has 0 spiro atoms. The third-order valence-corrected chi connectivity index (χ3v) is 4.79. The molecule has 1 aliphatic rings. The zero-order valence-corrected chi connectivity index (χ0v) is 16.3. The Bertz CT molecular complexity index is 1240. The van der Waals surface area contributed by atoms with E-state index in [2.05, 4.69) is 5.32 Å². The fraction of sp³-hybridized carbons (Fsp3) is 0.0476. The van der Waals surface area contributed by atoms with E-state index in [4.69, 9.17) is 20.4 Å². The van der Waals surface area contributed by atoms with E-state index < -0.39 is 23.8 Å². The minimum Gasteiger partial charge on any atom is -0.545 e. The summed E-state index contributed by atoms with van der Waals surface area (Å²) in [7, 11) is 0. The first-order chi connectivity index (χ1) is 14.8. The second-order valence-electron chi connectivity index (χ2n) is 6.47. The number of hydrogen-bond donors (Lipinski definition) is 1. The summed E-state index contributed by atoms with van der Waals surface area (Å²) in [5.41, 5.74) is -0.106. The molecule has 1 N–H and O–H groups in total. The monoisotopic (exact) mass is 439 g/mol. The topological polar surface area (TPSA) is 133 Å². The fourth-order valence-electron chi connectivity index (χ4n) is 2.96. The van der Waals surface area contributed by atoms with Gasteiger partial charge in [0.25, 0.3) is 11.8 Å². The minimum atomic E-state index is -1.44. The Labute approximate surface area is 179 Å². The highest BCUT2D eigenvalue weighted by Crippen LogP contribution is 2.28. The molecule has 0 saturated carbocycles. The van der Waals surface area contributed by atoms with E-state index >= 15 is 0 Å². The molecule has 4 amide bonds. The van der Waals surface area contributed by atoms with E-state index in [0.717, 1.165) is 4.90 Å². The molecule has 1 aromatic carbocycles. The first-order valence-corrected chi connectivity index (χ1v) is 9.23. The van der Waals surface area contributed by atoms with Gasteiger partial charge in [-0.25, -0.2) is 4.79 Å². The Morgan fingerprint density at radius 3 is 2.68 bits per heavy atom. The van der Waals surface area contributed by atoms with Crippen LogP contribution in [0, 0.1) is 0 Å². The van der Waals surface area contributed by atoms with E-state index in [9.17, 15) is 24.3 Å².